The van der Waals surface area contributed by atoms with Crippen LogP contribution in [0.1, 0.15) is 22.5 Å². The average Bonchev–Trinajstić information content (AvgIpc) is 3.44. The SMILES string of the molecule is Cc1ccc(-c2ccc(/C=C3\SC(=NCc4ccccc4)N(Cc4ccccc4)C3=O)o2)c(Br)c1. The molecule has 1 aromatic heterocycles. The monoisotopic (exact) mass is 542 g/mol. The number of amidine groups is 1. The molecule has 0 radical (unpaired) electrons. The molecule has 5 rings (SSSR count). The van der Waals surface area contributed by atoms with Gasteiger partial charge in [0.1, 0.15) is 11.5 Å². The van der Waals surface area contributed by atoms with E-state index in [0.717, 1.165) is 26.9 Å². The Labute approximate surface area is 217 Å². The van der Waals surface area contributed by atoms with Crippen molar-refractivity contribution in [3.05, 3.63) is 123 Å². The van der Waals surface area contributed by atoms with Gasteiger partial charge in [0.05, 0.1) is 18.0 Å². The second-order valence-electron chi connectivity index (χ2n) is 8.26. The third-order valence-electron chi connectivity index (χ3n) is 5.60. The first-order valence-electron chi connectivity index (χ1n) is 11.3. The summed E-state index contributed by atoms with van der Waals surface area (Å²) < 4.78 is 7.06. The van der Waals surface area contributed by atoms with Crippen LogP contribution in [0.25, 0.3) is 17.4 Å². The Morgan fingerprint density at radius 1 is 0.943 bits per heavy atom. The number of amides is 1. The van der Waals surface area contributed by atoms with Gasteiger partial charge < -0.3 is 4.42 Å². The zero-order valence-corrected chi connectivity index (χ0v) is 21.6. The summed E-state index contributed by atoms with van der Waals surface area (Å²) in [4.78, 5) is 20.5. The fraction of sp³-hybridized carbons (Fsp3) is 0.103. The van der Waals surface area contributed by atoms with E-state index in [0.29, 0.717) is 28.9 Å². The third kappa shape index (κ3) is 5.50. The predicted molar refractivity (Wildman–Crippen MR) is 147 cm³/mol. The molecule has 0 saturated carbocycles. The summed E-state index contributed by atoms with van der Waals surface area (Å²) in [7, 11) is 0. The molecule has 4 aromatic rings. The molecule has 6 heteroatoms. The van der Waals surface area contributed by atoms with E-state index in [4.69, 9.17) is 9.41 Å². The molecule has 35 heavy (non-hydrogen) atoms. The predicted octanol–water partition coefficient (Wildman–Crippen LogP) is 7.69. The molecular formula is C29H23BrN2O2S. The van der Waals surface area contributed by atoms with E-state index in [1.165, 1.54) is 17.3 Å². The Kier molecular flexibility index (Phi) is 7.02. The molecule has 4 nitrogen and oxygen atoms in total. The zero-order chi connectivity index (χ0) is 24.2. The summed E-state index contributed by atoms with van der Waals surface area (Å²) in [6.45, 7) is 3.03. The largest absolute Gasteiger partial charge is 0.457 e. The maximum atomic E-state index is 13.4. The highest BCUT2D eigenvalue weighted by atomic mass is 79.9. The Morgan fingerprint density at radius 2 is 1.66 bits per heavy atom. The van der Waals surface area contributed by atoms with Crippen molar-refractivity contribution in [3.8, 4) is 11.3 Å². The smallest absolute Gasteiger partial charge is 0.267 e. The molecule has 1 saturated heterocycles. The minimum Gasteiger partial charge on any atom is -0.457 e. The first-order chi connectivity index (χ1) is 17.1. The molecule has 174 valence electrons. The lowest BCUT2D eigenvalue weighted by Crippen LogP contribution is -2.28. The van der Waals surface area contributed by atoms with Crippen LogP contribution in [0.15, 0.2) is 110 Å². The maximum absolute atomic E-state index is 13.4. The van der Waals surface area contributed by atoms with E-state index in [1.54, 1.807) is 4.90 Å². The van der Waals surface area contributed by atoms with Gasteiger partial charge >= 0.3 is 0 Å². The van der Waals surface area contributed by atoms with Gasteiger partial charge in [0.15, 0.2) is 5.17 Å². The van der Waals surface area contributed by atoms with E-state index in [-0.39, 0.29) is 5.91 Å². The van der Waals surface area contributed by atoms with Crippen LogP contribution in [0, 0.1) is 6.92 Å². The fourth-order valence-electron chi connectivity index (χ4n) is 3.80. The number of aliphatic imine (C=N–C) groups is 1. The summed E-state index contributed by atoms with van der Waals surface area (Å²) >= 11 is 5.01. The topological polar surface area (TPSA) is 45.8 Å². The lowest BCUT2D eigenvalue weighted by atomic mass is 10.1. The fourth-order valence-corrected chi connectivity index (χ4v) is 5.44. The molecule has 0 unspecified atom stereocenters. The van der Waals surface area contributed by atoms with Crippen molar-refractivity contribution < 1.29 is 9.21 Å². The van der Waals surface area contributed by atoms with Crippen LogP contribution in [0.3, 0.4) is 0 Å². The number of carbonyl (C=O) groups is 1. The molecule has 0 atom stereocenters. The Morgan fingerprint density at radius 3 is 2.37 bits per heavy atom. The Hall–Kier alpha value is -3.35. The number of nitrogens with zero attached hydrogens (tertiary/aromatic N) is 2. The van der Waals surface area contributed by atoms with Crippen LogP contribution in [-0.2, 0) is 17.9 Å². The number of hydrogen-bond donors (Lipinski definition) is 0. The number of furan rings is 1. The van der Waals surface area contributed by atoms with Crippen molar-refractivity contribution in [1.29, 1.82) is 0 Å². The quantitative estimate of drug-likeness (QED) is 0.234. The molecular weight excluding hydrogens is 520 g/mol. The van der Waals surface area contributed by atoms with Gasteiger partial charge in [0.25, 0.3) is 5.91 Å². The van der Waals surface area contributed by atoms with E-state index >= 15 is 0 Å². The lowest BCUT2D eigenvalue weighted by Gasteiger charge is -2.15. The number of hydrogen-bond acceptors (Lipinski definition) is 4. The van der Waals surface area contributed by atoms with Crippen molar-refractivity contribution >= 4 is 44.8 Å². The highest BCUT2D eigenvalue weighted by Gasteiger charge is 2.33. The minimum absolute atomic E-state index is 0.0693. The second-order valence-corrected chi connectivity index (χ2v) is 10.1. The molecule has 0 aliphatic carbocycles. The average molecular weight is 543 g/mol. The first-order valence-corrected chi connectivity index (χ1v) is 12.9. The molecule has 0 N–H and O–H groups in total. The van der Waals surface area contributed by atoms with Crippen LogP contribution in [0.2, 0.25) is 0 Å². The molecule has 2 heterocycles. The van der Waals surface area contributed by atoms with Gasteiger partial charge in [0.2, 0.25) is 0 Å². The highest BCUT2D eigenvalue weighted by molar-refractivity contribution is 9.10. The van der Waals surface area contributed by atoms with Gasteiger partial charge in [-0.1, -0.05) is 82.7 Å². The molecule has 1 fully saturated rings. The van der Waals surface area contributed by atoms with E-state index < -0.39 is 0 Å². The van der Waals surface area contributed by atoms with Crippen molar-refractivity contribution in [1.82, 2.24) is 4.90 Å². The van der Waals surface area contributed by atoms with Crippen LogP contribution < -0.4 is 0 Å². The van der Waals surface area contributed by atoms with Gasteiger partial charge in [-0.15, -0.1) is 0 Å². The van der Waals surface area contributed by atoms with Crippen molar-refractivity contribution in [2.75, 3.05) is 0 Å². The van der Waals surface area contributed by atoms with Crippen molar-refractivity contribution in [3.63, 3.8) is 0 Å². The number of benzene rings is 3. The highest BCUT2D eigenvalue weighted by Crippen LogP contribution is 2.36. The summed E-state index contributed by atoms with van der Waals surface area (Å²) in [5, 5.41) is 0.696. The normalized spacial score (nSPS) is 15.9. The Balaban J connectivity index is 1.43. The summed E-state index contributed by atoms with van der Waals surface area (Å²) in [5.41, 5.74) is 4.30. The van der Waals surface area contributed by atoms with Gasteiger partial charge in [-0.3, -0.25) is 14.7 Å². The van der Waals surface area contributed by atoms with Gasteiger partial charge in [0, 0.05) is 16.1 Å². The van der Waals surface area contributed by atoms with Crippen molar-refractivity contribution in [2.24, 2.45) is 4.99 Å². The van der Waals surface area contributed by atoms with Crippen LogP contribution in [0.4, 0.5) is 0 Å². The first kappa shape index (κ1) is 23.4. The second kappa shape index (κ2) is 10.5. The standard InChI is InChI=1S/C29H23BrN2O2S/c1-20-12-14-24(25(30)16-20)26-15-13-23(34-26)17-27-28(33)32(19-22-10-6-3-7-11-22)29(35-27)31-18-21-8-4-2-5-9-21/h2-17H,18-19H2,1H3/b27-17-,31-29?. The molecule has 1 aliphatic heterocycles. The molecule has 0 bridgehead atoms. The summed E-state index contributed by atoms with van der Waals surface area (Å²) in [5.74, 6) is 1.31. The minimum atomic E-state index is -0.0693. The molecule has 0 spiro atoms. The van der Waals surface area contributed by atoms with E-state index in [9.17, 15) is 4.79 Å². The zero-order valence-electron chi connectivity index (χ0n) is 19.1. The third-order valence-corrected chi connectivity index (χ3v) is 7.30. The maximum Gasteiger partial charge on any atom is 0.267 e. The lowest BCUT2D eigenvalue weighted by molar-refractivity contribution is -0.122. The summed E-state index contributed by atoms with van der Waals surface area (Å²) in [6.07, 6.45) is 1.81. The number of carbonyl (C=O) groups excluding carboxylic acids is 1. The van der Waals surface area contributed by atoms with Crippen LogP contribution in [-0.4, -0.2) is 16.0 Å². The van der Waals surface area contributed by atoms with Gasteiger partial charge in [-0.2, -0.15) is 0 Å². The number of rotatable bonds is 6. The number of aryl methyl sites for hydroxylation is 1. The van der Waals surface area contributed by atoms with E-state index in [1.807, 2.05) is 97.9 Å². The number of thioether (sulfide) groups is 1. The van der Waals surface area contributed by atoms with Crippen LogP contribution >= 0.6 is 27.7 Å². The Bertz CT molecular complexity index is 1410. The molecule has 1 amide bonds. The van der Waals surface area contributed by atoms with Gasteiger partial charge in [-0.25, -0.2) is 0 Å². The van der Waals surface area contributed by atoms with Gasteiger partial charge in [-0.05, 0) is 59.6 Å². The number of halogens is 1. The van der Waals surface area contributed by atoms with E-state index in [2.05, 4.69) is 22.0 Å². The van der Waals surface area contributed by atoms with Crippen molar-refractivity contribution in [2.45, 2.75) is 20.0 Å². The summed E-state index contributed by atoms with van der Waals surface area (Å²) in [6, 6.07) is 30.0. The molecule has 3 aromatic carbocycles. The molecule has 1 aliphatic rings. The van der Waals surface area contributed by atoms with Crippen LogP contribution in [0.5, 0.6) is 0 Å².